The molecule has 0 heterocycles. The molecule has 0 spiro atoms. The number of alkyl halides is 3. The molecule has 0 unspecified atom stereocenters. The number of nitrogens with one attached hydrogen (secondary N) is 1. The van der Waals surface area contributed by atoms with Crippen LogP contribution < -0.4 is 5.32 Å². The Labute approximate surface area is 102 Å². The fourth-order valence-electron chi connectivity index (χ4n) is 1.92. The minimum atomic E-state index is -4.61. The summed E-state index contributed by atoms with van der Waals surface area (Å²) in [5, 5.41) is 10.9. The average Bonchev–Trinajstić information content (AvgIpc) is 2.66. The number of rotatable bonds is 4. The third-order valence-electron chi connectivity index (χ3n) is 2.67. The first-order valence-corrected chi connectivity index (χ1v) is 5.62. The molecule has 1 saturated carbocycles. The Morgan fingerprint density at radius 2 is 1.83 bits per heavy atom. The lowest BCUT2D eigenvalue weighted by atomic mass is 10.2. The van der Waals surface area contributed by atoms with Crippen molar-refractivity contribution in [1.29, 1.82) is 0 Å². The van der Waals surface area contributed by atoms with Crippen LogP contribution in [0.15, 0.2) is 0 Å². The molecule has 0 aromatic heterocycles. The van der Waals surface area contributed by atoms with Crippen molar-refractivity contribution in [3.05, 3.63) is 0 Å². The predicted molar refractivity (Wildman–Crippen MR) is 56.1 cm³/mol. The number of amides is 2. The summed E-state index contributed by atoms with van der Waals surface area (Å²) in [6, 6.07) is -1.12. The molecule has 0 aromatic carbocycles. The first-order chi connectivity index (χ1) is 8.28. The highest BCUT2D eigenvalue weighted by Crippen LogP contribution is 2.19. The van der Waals surface area contributed by atoms with Crippen LogP contribution in [0.3, 0.4) is 0 Å². The smallest absolute Gasteiger partial charge is 0.406 e. The van der Waals surface area contributed by atoms with E-state index in [0.717, 1.165) is 25.7 Å². The maximum absolute atomic E-state index is 12.2. The van der Waals surface area contributed by atoms with E-state index in [1.54, 1.807) is 0 Å². The molecular weight excluding hydrogens is 253 g/mol. The molecule has 8 heteroatoms. The number of carbonyl (C=O) groups excluding carboxylic acids is 1. The van der Waals surface area contributed by atoms with Gasteiger partial charge in [0.05, 0.1) is 0 Å². The van der Waals surface area contributed by atoms with Gasteiger partial charge in [0.15, 0.2) is 0 Å². The Morgan fingerprint density at radius 1 is 1.28 bits per heavy atom. The van der Waals surface area contributed by atoms with E-state index < -0.39 is 31.3 Å². The van der Waals surface area contributed by atoms with Crippen molar-refractivity contribution in [1.82, 2.24) is 10.2 Å². The topological polar surface area (TPSA) is 69.6 Å². The quantitative estimate of drug-likeness (QED) is 0.813. The second kappa shape index (κ2) is 5.92. The van der Waals surface area contributed by atoms with Gasteiger partial charge in [-0.15, -0.1) is 0 Å². The van der Waals surface area contributed by atoms with Gasteiger partial charge in [-0.3, -0.25) is 4.79 Å². The van der Waals surface area contributed by atoms with Crippen LogP contribution in [0.5, 0.6) is 0 Å². The lowest BCUT2D eigenvalue weighted by Crippen LogP contribution is -2.49. The zero-order valence-corrected chi connectivity index (χ0v) is 9.66. The number of carboxylic acids is 1. The van der Waals surface area contributed by atoms with Crippen LogP contribution in [0, 0.1) is 0 Å². The summed E-state index contributed by atoms with van der Waals surface area (Å²) >= 11 is 0. The molecule has 5 nitrogen and oxygen atoms in total. The Hall–Kier alpha value is -1.47. The molecule has 1 rings (SSSR count). The van der Waals surface area contributed by atoms with Crippen LogP contribution in [0.25, 0.3) is 0 Å². The van der Waals surface area contributed by atoms with E-state index in [-0.39, 0.29) is 10.9 Å². The van der Waals surface area contributed by atoms with Crippen LogP contribution in [-0.2, 0) is 4.79 Å². The van der Waals surface area contributed by atoms with Gasteiger partial charge in [0, 0.05) is 6.04 Å². The molecule has 1 aliphatic carbocycles. The van der Waals surface area contributed by atoms with Crippen molar-refractivity contribution >= 4 is 12.0 Å². The minimum absolute atomic E-state index is 0.151. The second-order valence-electron chi connectivity index (χ2n) is 4.30. The SMILES string of the molecule is O=C(O)CN(CC(F)(F)F)C(=O)NC1CCCC1. The first-order valence-electron chi connectivity index (χ1n) is 5.62. The molecule has 0 aromatic rings. The van der Waals surface area contributed by atoms with Crippen molar-refractivity contribution in [3.63, 3.8) is 0 Å². The molecule has 0 bridgehead atoms. The van der Waals surface area contributed by atoms with Crippen molar-refractivity contribution in [2.45, 2.75) is 37.9 Å². The Kier molecular flexibility index (Phi) is 4.80. The highest BCUT2D eigenvalue weighted by atomic mass is 19.4. The summed E-state index contributed by atoms with van der Waals surface area (Å²) in [4.78, 5) is 22.3. The van der Waals surface area contributed by atoms with Crippen LogP contribution in [-0.4, -0.2) is 47.3 Å². The van der Waals surface area contributed by atoms with Crippen LogP contribution >= 0.6 is 0 Å². The molecule has 0 aliphatic heterocycles. The van der Waals surface area contributed by atoms with Crippen molar-refractivity contribution in [2.75, 3.05) is 13.1 Å². The molecule has 2 amide bonds. The minimum Gasteiger partial charge on any atom is -0.480 e. The van der Waals surface area contributed by atoms with Gasteiger partial charge in [-0.05, 0) is 12.8 Å². The second-order valence-corrected chi connectivity index (χ2v) is 4.30. The van der Waals surface area contributed by atoms with E-state index in [0.29, 0.717) is 0 Å². The third-order valence-corrected chi connectivity index (χ3v) is 2.67. The lowest BCUT2D eigenvalue weighted by molar-refractivity contribution is -0.149. The number of hydrogen-bond acceptors (Lipinski definition) is 2. The fourth-order valence-corrected chi connectivity index (χ4v) is 1.92. The number of carbonyl (C=O) groups is 2. The zero-order valence-electron chi connectivity index (χ0n) is 9.66. The number of hydrogen-bond donors (Lipinski definition) is 2. The molecule has 0 atom stereocenters. The summed E-state index contributed by atoms with van der Waals surface area (Å²) in [5.74, 6) is -1.47. The molecule has 2 N–H and O–H groups in total. The lowest BCUT2D eigenvalue weighted by Gasteiger charge is -2.24. The first kappa shape index (κ1) is 14.6. The van der Waals surface area contributed by atoms with E-state index in [9.17, 15) is 22.8 Å². The van der Waals surface area contributed by atoms with Gasteiger partial charge in [0.2, 0.25) is 0 Å². The summed E-state index contributed by atoms with van der Waals surface area (Å²) in [6.07, 6.45) is -1.33. The summed E-state index contributed by atoms with van der Waals surface area (Å²) in [5.41, 5.74) is 0. The maximum atomic E-state index is 12.2. The standard InChI is InChI=1S/C10H15F3N2O3/c11-10(12,13)6-15(5-8(16)17)9(18)14-7-3-1-2-4-7/h7H,1-6H2,(H,14,18)(H,16,17). The van der Waals surface area contributed by atoms with Crippen molar-refractivity contribution < 1.29 is 27.9 Å². The molecule has 0 radical (unpaired) electrons. The van der Waals surface area contributed by atoms with Gasteiger partial charge >= 0.3 is 18.2 Å². The monoisotopic (exact) mass is 268 g/mol. The van der Waals surface area contributed by atoms with E-state index in [4.69, 9.17) is 5.11 Å². The van der Waals surface area contributed by atoms with Crippen LogP contribution in [0.1, 0.15) is 25.7 Å². The fraction of sp³-hybridized carbons (Fsp3) is 0.800. The highest BCUT2D eigenvalue weighted by molar-refractivity contribution is 5.80. The number of urea groups is 1. The highest BCUT2D eigenvalue weighted by Gasteiger charge is 2.34. The van der Waals surface area contributed by atoms with Crippen LogP contribution in [0.4, 0.5) is 18.0 Å². The average molecular weight is 268 g/mol. The molecular formula is C10H15F3N2O3. The van der Waals surface area contributed by atoms with E-state index in [2.05, 4.69) is 5.32 Å². The Balaban J connectivity index is 2.56. The summed E-state index contributed by atoms with van der Waals surface area (Å²) in [6.45, 7) is -2.52. The van der Waals surface area contributed by atoms with E-state index >= 15 is 0 Å². The van der Waals surface area contributed by atoms with Gasteiger partial charge in [0.25, 0.3) is 0 Å². The van der Waals surface area contributed by atoms with Gasteiger partial charge in [-0.25, -0.2) is 4.79 Å². The molecule has 18 heavy (non-hydrogen) atoms. The van der Waals surface area contributed by atoms with E-state index in [1.165, 1.54) is 0 Å². The molecule has 0 saturated heterocycles. The van der Waals surface area contributed by atoms with Gasteiger partial charge in [-0.1, -0.05) is 12.8 Å². The Bertz CT molecular complexity index is 314. The maximum Gasteiger partial charge on any atom is 0.406 e. The summed E-state index contributed by atoms with van der Waals surface area (Å²) in [7, 11) is 0. The normalized spacial score (nSPS) is 16.6. The van der Waals surface area contributed by atoms with Crippen molar-refractivity contribution in [2.24, 2.45) is 0 Å². The van der Waals surface area contributed by atoms with Crippen molar-refractivity contribution in [3.8, 4) is 0 Å². The largest absolute Gasteiger partial charge is 0.480 e. The van der Waals surface area contributed by atoms with Crippen LogP contribution in [0.2, 0.25) is 0 Å². The number of nitrogens with zero attached hydrogens (tertiary/aromatic N) is 1. The van der Waals surface area contributed by atoms with E-state index in [1.807, 2.05) is 0 Å². The number of aliphatic carboxylic acids is 1. The molecule has 104 valence electrons. The zero-order chi connectivity index (χ0) is 13.8. The Morgan fingerprint density at radius 3 is 2.28 bits per heavy atom. The molecule has 1 aliphatic rings. The van der Waals surface area contributed by atoms with Gasteiger partial charge in [0.1, 0.15) is 13.1 Å². The summed E-state index contributed by atoms with van der Waals surface area (Å²) < 4.78 is 36.6. The molecule has 1 fully saturated rings. The number of halogens is 3. The number of carboxylic acid groups (broad SMARTS) is 1. The predicted octanol–water partition coefficient (Wildman–Crippen LogP) is 1.59. The van der Waals surface area contributed by atoms with Gasteiger partial charge < -0.3 is 15.3 Å². The third kappa shape index (κ3) is 5.24. The van der Waals surface area contributed by atoms with Gasteiger partial charge in [-0.2, -0.15) is 13.2 Å².